The minimum Gasteiger partial charge on any atom is -0.481 e. The van der Waals surface area contributed by atoms with Gasteiger partial charge in [-0.05, 0) is 6.42 Å². The van der Waals surface area contributed by atoms with Gasteiger partial charge in [-0.2, -0.15) is 0 Å². The topological polar surface area (TPSA) is 68.8 Å². The van der Waals surface area contributed by atoms with Crippen LogP contribution in [0.15, 0.2) is 0 Å². The molecule has 3 N–H and O–H groups in total. The average Bonchev–Trinajstić information content (AvgIpc) is 2.62. The van der Waals surface area contributed by atoms with E-state index in [-0.39, 0.29) is 5.48 Å². The first-order chi connectivity index (χ1) is 12.8. The van der Waals surface area contributed by atoms with Gasteiger partial charge in [0.05, 0.1) is 0 Å². The highest BCUT2D eigenvalue weighted by atomic mass is 16.4. The lowest BCUT2D eigenvalue weighted by atomic mass is 10.0. The zero-order valence-electron chi connectivity index (χ0n) is 18.4. The van der Waals surface area contributed by atoms with Gasteiger partial charge in [-0.1, -0.05) is 135 Å². The molecule has 164 valence electrons. The van der Waals surface area contributed by atoms with Crippen LogP contribution in [0, 0.1) is 0 Å². The Morgan fingerprint density at radius 1 is 0.481 bits per heavy atom. The molecule has 0 unspecified atom stereocenters. The van der Waals surface area contributed by atoms with E-state index in [1.54, 1.807) is 0 Å². The minimum absolute atomic E-state index is 0. The monoisotopic (exact) mass is 386 g/mol. The third kappa shape index (κ3) is 27.7. The standard InChI is InChI=1S/C24H48O2.H2O/c1-2-3-4-5-6-7-8-9-10-11-12-13-14-15-16-17-18-19-20-21-22-23-24(25)26;/h2-23H2,1H3,(H,25,26);1H2. The summed E-state index contributed by atoms with van der Waals surface area (Å²) in [7, 11) is 0. The molecular formula is C24H50O3. The fourth-order valence-corrected chi connectivity index (χ4v) is 3.71. The summed E-state index contributed by atoms with van der Waals surface area (Å²) in [6, 6.07) is 0. The van der Waals surface area contributed by atoms with Gasteiger partial charge in [0.2, 0.25) is 0 Å². The molecule has 0 saturated carbocycles. The van der Waals surface area contributed by atoms with E-state index < -0.39 is 5.97 Å². The van der Waals surface area contributed by atoms with E-state index in [4.69, 9.17) is 5.11 Å². The van der Waals surface area contributed by atoms with E-state index in [1.165, 1.54) is 122 Å². The molecule has 0 atom stereocenters. The smallest absolute Gasteiger partial charge is 0.303 e. The second-order valence-electron chi connectivity index (χ2n) is 8.21. The summed E-state index contributed by atoms with van der Waals surface area (Å²) in [5.41, 5.74) is 0. The summed E-state index contributed by atoms with van der Waals surface area (Å²) in [4.78, 5) is 10.4. The van der Waals surface area contributed by atoms with Crippen LogP contribution in [0.25, 0.3) is 0 Å². The Labute approximate surface area is 170 Å². The van der Waals surface area contributed by atoms with Gasteiger partial charge < -0.3 is 10.6 Å². The molecule has 0 spiro atoms. The van der Waals surface area contributed by atoms with Crippen molar-refractivity contribution in [3.05, 3.63) is 0 Å². The predicted octanol–water partition coefficient (Wildman–Crippen LogP) is 7.85. The van der Waals surface area contributed by atoms with Crippen molar-refractivity contribution in [2.24, 2.45) is 0 Å². The van der Waals surface area contributed by atoms with Crippen molar-refractivity contribution in [1.82, 2.24) is 0 Å². The van der Waals surface area contributed by atoms with E-state index in [0.29, 0.717) is 6.42 Å². The summed E-state index contributed by atoms with van der Waals surface area (Å²) in [5.74, 6) is -0.650. The highest BCUT2D eigenvalue weighted by Crippen LogP contribution is 2.15. The molecule has 0 aromatic rings. The molecule has 0 saturated heterocycles. The van der Waals surface area contributed by atoms with Crippen LogP contribution in [-0.2, 0) is 4.79 Å². The molecule has 0 aliphatic carbocycles. The zero-order chi connectivity index (χ0) is 19.1. The van der Waals surface area contributed by atoms with Gasteiger partial charge >= 0.3 is 5.97 Å². The van der Waals surface area contributed by atoms with Crippen LogP contribution in [0.3, 0.4) is 0 Å². The summed E-state index contributed by atoms with van der Waals surface area (Å²) < 4.78 is 0. The predicted molar refractivity (Wildman–Crippen MR) is 118 cm³/mol. The Hall–Kier alpha value is -0.570. The lowest BCUT2D eigenvalue weighted by Crippen LogP contribution is -1.93. The molecule has 0 aromatic heterocycles. The molecule has 0 aromatic carbocycles. The van der Waals surface area contributed by atoms with Crippen molar-refractivity contribution < 1.29 is 15.4 Å². The van der Waals surface area contributed by atoms with Crippen LogP contribution < -0.4 is 0 Å². The lowest BCUT2D eigenvalue weighted by Gasteiger charge is -2.04. The number of carboxylic acids is 1. The summed E-state index contributed by atoms with van der Waals surface area (Å²) in [6.45, 7) is 2.29. The summed E-state index contributed by atoms with van der Waals surface area (Å²) in [5, 5.41) is 8.57. The van der Waals surface area contributed by atoms with Crippen molar-refractivity contribution in [1.29, 1.82) is 0 Å². The number of carbonyl (C=O) groups is 1. The summed E-state index contributed by atoms with van der Waals surface area (Å²) in [6.07, 6.45) is 29.1. The third-order valence-corrected chi connectivity index (χ3v) is 5.49. The van der Waals surface area contributed by atoms with Crippen LogP contribution in [0.1, 0.15) is 148 Å². The third-order valence-electron chi connectivity index (χ3n) is 5.49. The molecular weight excluding hydrogens is 336 g/mol. The number of aliphatic carboxylic acids is 1. The second kappa shape index (κ2) is 25.4. The van der Waals surface area contributed by atoms with Crippen LogP contribution in [-0.4, -0.2) is 16.6 Å². The molecule has 0 aliphatic rings. The number of hydrogen-bond donors (Lipinski definition) is 1. The van der Waals surface area contributed by atoms with Crippen LogP contribution in [0.2, 0.25) is 0 Å². The molecule has 0 aliphatic heterocycles. The maximum atomic E-state index is 10.4. The first-order valence-electron chi connectivity index (χ1n) is 12.0. The van der Waals surface area contributed by atoms with Gasteiger partial charge in [0.25, 0.3) is 0 Å². The van der Waals surface area contributed by atoms with Crippen molar-refractivity contribution in [3.63, 3.8) is 0 Å². The number of rotatable bonds is 22. The number of hydrogen-bond acceptors (Lipinski definition) is 1. The number of carboxylic acid groups (broad SMARTS) is 1. The van der Waals surface area contributed by atoms with Crippen molar-refractivity contribution >= 4 is 5.97 Å². The minimum atomic E-state index is -0.650. The van der Waals surface area contributed by atoms with Crippen molar-refractivity contribution in [2.45, 2.75) is 148 Å². The Bertz CT molecular complexity index is 279. The lowest BCUT2D eigenvalue weighted by molar-refractivity contribution is -0.137. The van der Waals surface area contributed by atoms with Gasteiger partial charge in [0.15, 0.2) is 0 Å². The number of unbranched alkanes of at least 4 members (excludes halogenated alkanes) is 20. The van der Waals surface area contributed by atoms with Crippen LogP contribution >= 0.6 is 0 Å². The normalized spacial score (nSPS) is 10.7. The van der Waals surface area contributed by atoms with Crippen LogP contribution in [0.5, 0.6) is 0 Å². The van der Waals surface area contributed by atoms with Gasteiger partial charge in [0.1, 0.15) is 0 Å². The average molecular weight is 387 g/mol. The van der Waals surface area contributed by atoms with Crippen LogP contribution in [0.4, 0.5) is 0 Å². The van der Waals surface area contributed by atoms with E-state index >= 15 is 0 Å². The summed E-state index contributed by atoms with van der Waals surface area (Å²) >= 11 is 0. The molecule has 27 heavy (non-hydrogen) atoms. The Morgan fingerprint density at radius 3 is 0.926 bits per heavy atom. The highest BCUT2D eigenvalue weighted by molar-refractivity contribution is 5.66. The first kappa shape index (κ1) is 28.6. The van der Waals surface area contributed by atoms with E-state index in [0.717, 1.165) is 12.8 Å². The molecule has 0 rings (SSSR count). The second-order valence-corrected chi connectivity index (χ2v) is 8.21. The Kier molecular flexibility index (Phi) is 27.0. The maximum Gasteiger partial charge on any atom is 0.303 e. The van der Waals surface area contributed by atoms with E-state index in [2.05, 4.69) is 6.92 Å². The van der Waals surface area contributed by atoms with E-state index in [1.807, 2.05) is 0 Å². The Morgan fingerprint density at radius 2 is 0.704 bits per heavy atom. The zero-order valence-corrected chi connectivity index (χ0v) is 18.4. The molecule has 3 heteroatoms. The van der Waals surface area contributed by atoms with Gasteiger partial charge in [-0.15, -0.1) is 0 Å². The van der Waals surface area contributed by atoms with Crippen molar-refractivity contribution in [3.8, 4) is 0 Å². The molecule has 0 heterocycles. The Balaban J connectivity index is 0. The molecule has 3 nitrogen and oxygen atoms in total. The largest absolute Gasteiger partial charge is 0.481 e. The van der Waals surface area contributed by atoms with Gasteiger partial charge in [-0.3, -0.25) is 4.79 Å². The van der Waals surface area contributed by atoms with Gasteiger partial charge in [0, 0.05) is 6.42 Å². The molecule has 0 bridgehead atoms. The SMILES string of the molecule is CCCCCCCCCCCCCCCCCCCCCCCC(=O)O.O. The first-order valence-corrected chi connectivity index (χ1v) is 12.0. The quantitative estimate of drug-likeness (QED) is 0.192. The maximum absolute atomic E-state index is 10.4. The molecule has 0 radical (unpaired) electrons. The van der Waals surface area contributed by atoms with E-state index in [9.17, 15) is 4.79 Å². The highest BCUT2D eigenvalue weighted by Gasteiger charge is 1.97. The molecule has 0 fully saturated rings. The van der Waals surface area contributed by atoms with Gasteiger partial charge in [-0.25, -0.2) is 0 Å². The molecule has 0 amide bonds. The fraction of sp³-hybridized carbons (Fsp3) is 0.958. The fourth-order valence-electron chi connectivity index (χ4n) is 3.71. The van der Waals surface area contributed by atoms with Crippen molar-refractivity contribution in [2.75, 3.05) is 0 Å².